The Morgan fingerprint density at radius 3 is 2.89 bits per heavy atom. The first-order chi connectivity index (χ1) is 4.34. The number of thiol groups is 2. The predicted molar refractivity (Wildman–Crippen MR) is 44.3 cm³/mol. The summed E-state index contributed by atoms with van der Waals surface area (Å²) in [6, 6.07) is 3.75. The third-order valence-corrected chi connectivity index (χ3v) is 2.13. The fourth-order valence-electron chi connectivity index (χ4n) is 0.571. The summed E-state index contributed by atoms with van der Waals surface area (Å²) in [6.45, 7) is 0. The van der Waals surface area contributed by atoms with Crippen LogP contribution in [0.15, 0.2) is 22.8 Å². The van der Waals surface area contributed by atoms with Crippen LogP contribution in [0, 0.1) is 0 Å². The van der Waals surface area contributed by atoms with Gasteiger partial charge in [0.1, 0.15) is 5.76 Å². The van der Waals surface area contributed by atoms with Gasteiger partial charge in [-0.05, 0) is 12.1 Å². The Morgan fingerprint density at radius 1 is 1.67 bits per heavy atom. The first-order valence-corrected chi connectivity index (χ1v) is 3.82. The highest BCUT2D eigenvalue weighted by atomic mass is 32.1. The van der Waals surface area contributed by atoms with E-state index in [1.165, 1.54) is 0 Å². The van der Waals surface area contributed by atoms with Crippen molar-refractivity contribution in [3.8, 4) is 0 Å². The Morgan fingerprint density at radius 2 is 2.44 bits per heavy atom. The van der Waals surface area contributed by atoms with E-state index in [1.54, 1.807) is 6.26 Å². The lowest BCUT2D eigenvalue weighted by Crippen LogP contribution is -1.86. The van der Waals surface area contributed by atoms with Gasteiger partial charge in [0.05, 0.1) is 11.5 Å². The molecule has 0 saturated heterocycles. The van der Waals surface area contributed by atoms with Crippen molar-refractivity contribution in [3.05, 3.63) is 24.2 Å². The summed E-state index contributed by atoms with van der Waals surface area (Å²) in [5, 5.41) is 0.128. The Labute approximate surface area is 65.3 Å². The highest BCUT2D eigenvalue weighted by Crippen LogP contribution is 2.20. The van der Waals surface area contributed by atoms with Gasteiger partial charge in [0.15, 0.2) is 0 Å². The zero-order valence-corrected chi connectivity index (χ0v) is 6.61. The van der Waals surface area contributed by atoms with Crippen LogP contribution >= 0.6 is 25.3 Å². The van der Waals surface area contributed by atoms with Gasteiger partial charge in [-0.3, -0.25) is 0 Å². The highest BCUT2D eigenvalue weighted by molar-refractivity contribution is 7.84. The molecule has 0 fully saturated rings. The minimum absolute atomic E-state index is 0.128. The van der Waals surface area contributed by atoms with E-state index in [0.717, 1.165) is 5.76 Å². The molecule has 1 unspecified atom stereocenters. The lowest BCUT2D eigenvalue weighted by molar-refractivity contribution is 0.515. The van der Waals surface area contributed by atoms with Crippen LogP contribution in [0.4, 0.5) is 0 Å². The van der Waals surface area contributed by atoms with Crippen molar-refractivity contribution < 1.29 is 4.42 Å². The van der Waals surface area contributed by atoms with Crippen molar-refractivity contribution in [2.45, 2.75) is 5.25 Å². The monoisotopic (exact) mass is 160 g/mol. The average Bonchev–Trinajstić information content (AvgIpc) is 2.37. The largest absolute Gasteiger partial charge is 0.468 e. The Bertz CT molecular complexity index is 160. The fourth-order valence-corrected chi connectivity index (χ4v) is 0.898. The summed E-state index contributed by atoms with van der Waals surface area (Å²) in [5.74, 6) is 1.59. The van der Waals surface area contributed by atoms with Crippen LogP contribution in [-0.4, -0.2) is 5.75 Å². The molecule has 0 N–H and O–H groups in total. The minimum Gasteiger partial charge on any atom is -0.468 e. The first kappa shape index (κ1) is 7.09. The third-order valence-electron chi connectivity index (χ3n) is 1.04. The molecule has 1 rings (SSSR count). The molecule has 1 heterocycles. The molecule has 0 aliphatic rings. The molecule has 0 aromatic carbocycles. The first-order valence-electron chi connectivity index (χ1n) is 2.67. The van der Waals surface area contributed by atoms with Crippen LogP contribution < -0.4 is 0 Å². The van der Waals surface area contributed by atoms with Crippen molar-refractivity contribution in [3.63, 3.8) is 0 Å². The topological polar surface area (TPSA) is 13.1 Å². The second kappa shape index (κ2) is 3.22. The summed E-state index contributed by atoms with van der Waals surface area (Å²) in [4.78, 5) is 0. The molecule has 0 aliphatic heterocycles. The Balaban J connectivity index is 2.65. The molecule has 1 aromatic heterocycles. The molecule has 0 bridgehead atoms. The lowest BCUT2D eigenvalue weighted by atomic mass is 10.3. The lowest BCUT2D eigenvalue weighted by Gasteiger charge is -1.99. The molecular formula is C6H8OS2. The van der Waals surface area contributed by atoms with Gasteiger partial charge >= 0.3 is 0 Å². The number of hydrogen-bond acceptors (Lipinski definition) is 3. The second-order valence-electron chi connectivity index (χ2n) is 1.71. The highest BCUT2D eigenvalue weighted by Gasteiger charge is 2.04. The summed E-state index contributed by atoms with van der Waals surface area (Å²) < 4.78 is 5.06. The number of rotatable bonds is 2. The fraction of sp³-hybridized carbons (Fsp3) is 0.333. The summed E-state index contributed by atoms with van der Waals surface area (Å²) in [6.07, 6.45) is 1.64. The molecule has 0 spiro atoms. The molecule has 0 aliphatic carbocycles. The maximum atomic E-state index is 5.06. The van der Waals surface area contributed by atoms with Gasteiger partial charge in [0.25, 0.3) is 0 Å². The van der Waals surface area contributed by atoms with Gasteiger partial charge in [-0.15, -0.1) is 0 Å². The number of hydrogen-bond donors (Lipinski definition) is 2. The van der Waals surface area contributed by atoms with E-state index >= 15 is 0 Å². The SMILES string of the molecule is SCC(S)c1ccco1. The summed E-state index contributed by atoms with van der Waals surface area (Å²) in [7, 11) is 0. The maximum Gasteiger partial charge on any atom is 0.117 e. The minimum atomic E-state index is 0.128. The molecule has 1 nitrogen and oxygen atoms in total. The van der Waals surface area contributed by atoms with Gasteiger partial charge < -0.3 is 4.42 Å². The molecule has 9 heavy (non-hydrogen) atoms. The van der Waals surface area contributed by atoms with E-state index in [4.69, 9.17) is 4.42 Å². The molecule has 1 atom stereocenters. The summed E-state index contributed by atoms with van der Waals surface area (Å²) in [5.41, 5.74) is 0. The maximum absolute atomic E-state index is 5.06. The average molecular weight is 160 g/mol. The smallest absolute Gasteiger partial charge is 0.117 e. The molecule has 0 amide bonds. The van der Waals surface area contributed by atoms with Crippen molar-refractivity contribution in [1.29, 1.82) is 0 Å². The van der Waals surface area contributed by atoms with Gasteiger partial charge in [-0.2, -0.15) is 25.3 Å². The Kier molecular flexibility index (Phi) is 2.54. The molecule has 3 heteroatoms. The van der Waals surface area contributed by atoms with Crippen LogP contribution in [-0.2, 0) is 0 Å². The van der Waals surface area contributed by atoms with Crippen molar-refractivity contribution in [1.82, 2.24) is 0 Å². The molecule has 0 radical (unpaired) electrons. The van der Waals surface area contributed by atoms with E-state index in [2.05, 4.69) is 25.3 Å². The molecular weight excluding hydrogens is 152 g/mol. The van der Waals surface area contributed by atoms with Crippen molar-refractivity contribution in [2.24, 2.45) is 0 Å². The molecule has 50 valence electrons. The van der Waals surface area contributed by atoms with Crippen molar-refractivity contribution in [2.75, 3.05) is 5.75 Å². The predicted octanol–water partition coefficient (Wildman–Crippen LogP) is 2.18. The van der Waals surface area contributed by atoms with E-state index in [1.807, 2.05) is 12.1 Å². The van der Waals surface area contributed by atoms with Gasteiger partial charge in [-0.25, -0.2) is 0 Å². The van der Waals surface area contributed by atoms with Crippen molar-refractivity contribution >= 4 is 25.3 Å². The van der Waals surface area contributed by atoms with Crippen LogP contribution in [0.2, 0.25) is 0 Å². The van der Waals surface area contributed by atoms with Gasteiger partial charge in [-0.1, -0.05) is 0 Å². The third kappa shape index (κ3) is 1.69. The zero-order chi connectivity index (χ0) is 6.69. The molecule has 1 aromatic rings. The van der Waals surface area contributed by atoms with E-state index in [-0.39, 0.29) is 5.25 Å². The van der Waals surface area contributed by atoms with Gasteiger partial charge in [0.2, 0.25) is 0 Å². The normalized spacial score (nSPS) is 13.6. The van der Waals surface area contributed by atoms with Crippen LogP contribution in [0.1, 0.15) is 11.0 Å². The van der Waals surface area contributed by atoms with Gasteiger partial charge in [0, 0.05) is 5.75 Å². The van der Waals surface area contributed by atoms with Crippen LogP contribution in [0.3, 0.4) is 0 Å². The summed E-state index contributed by atoms with van der Waals surface area (Å²) >= 11 is 8.28. The zero-order valence-electron chi connectivity index (χ0n) is 4.82. The van der Waals surface area contributed by atoms with E-state index < -0.39 is 0 Å². The number of furan rings is 1. The molecule has 0 saturated carbocycles. The van der Waals surface area contributed by atoms with Crippen LogP contribution in [0.25, 0.3) is 0 Å². The van der Waals surface area contributed by atoms with Crippen LogP contribution in [0.5, 0.6) is 0 Å². The standard InChI is InChI=1S/C6H8OS2/c8-4-6(9)5-2-1-3-7-5/h1-3,6,8-9H,4H2. The quantitative estimate of drug-likeness (QED) is 0.632. The second-order valence-corrected chi connectivity index (χ2v) is 2.70. The van der Waals surface area contributed by atoms with E-state index in [9.17, 15) is 0 Å². The Hall–Kier alpha value is -0.0200. The van der Waals surface area contributed by atoms with E-state index in [0.29, 0.717) is 5.75 Å².